The fourth-order valence-electron chi connectivity index (χ4n) is 2.05. The summed E-state index contributed by atoms with van der Waals surface area (Å²) in [6.07, 6.45) is 3.37. The first-order valence-corrected chi connectivity index (χ1v) is 7.96. The molecule has 0 heterocycles. The van der Waals surface area contributed by atoms with Crippen molar-refractivity contribution in [2.45, 2.75) is 65.3 Å². The Balaban J connectivity index is 2.39. The second kappa shape index (κ2) is 8.31. The average molecular weight is 277 g/mol. The van der Waals surface area contributed by atoms with Gasteiger partial charge < -0.3 is 10.1 Å². The SMILES string of the molecule is CCCNC(C)CCOc1ccc(C(C)(C)CC)cc1. The fraction of sp³-hybridized carbons (Fsp3) is 0.667. The summed E-state index contributed by atoms with van der Waals surface area (Å²) in [5.41, 5.74) is 1.63. The standard InChI is InChI=1S/C18H31NO/c1-6-13-19-15(3)12-14-20-17-10-8-16(9-11-17)18(4,5)7-2/h8-11,15,19H,6-7,12-14H2,1-5H3. The molecule has 114 valence electrons. The number of ether oxygens (including phenoxy) is 1. The highest BCUT2D eigenvalue weighted by Gasteiger charge is 2.17. The van der Waals surface area contributed by atoms with E-state index in [1.54, 1.807) is 0 Å². The van der Waals surface area contributed by atoms with Gasteiger partial charge in [-0.1, -0.05) is 39.8 Å². The molecule has 0 spiro atoms. The summed E-state index contributed by atoms with van der Waals surface area (Å²) in [6.45, 7) is 13.1. The van der Waals surface area contributed by atoms with Crippen molar-refractivity contribution in [3.05, 3.63) is 29.8 Å². The highest BCUT2D eigenvalue weighted by atomic mass is 16.5. The van der Waals surface area contributed by atoms with E-state index in [4.69, 9.17) is 4.74 Å². The predicted octanol–water partition coefficient (Wildman–Crippen LogP) is 4.53. The average Bonchev–Trinajstić information content (AvgIpc) is 2.45. The number of nitrogens with one attached hydrogen (secondary N) is 1. The third-order valence-electron chi connectivity index (χ3n) is 4.08. The molecule has 1 rings (SSSR count). The molecule has 2 heteroatoms. The Labute approximate surface area is 124 Å². The van der Waals surface area contributed by atoms with Gasteiger partial charge in [0.15, 0.2) is 0 Å². The maximum atomic E-state index is 5.82. The highest BCUT2D eigenvalue weighted by molar-refractivity contribution is 5.31. The van der Waals surface area contributed by atoms with Crippen LogP contribution in [0.4, 0.5) is 0 Å². The van der Waals surface area contributed by atoms with Crippen LogP contribution in [-0.4, -0.2) is 19.2 Å². The molecule has 0 amide bonds. The number of rotatable bonds is 9. The van der Waals surface area contributed by atoms with Gasteiger partial charge in [-0.15, -0.1) is 0 Å². The van der Waals surface area contributed by atoms with Gasteiger partial charge in [-0.05, 0) is 55.8 Å². The van der Waals surface area contributed by atoms with Gasteiger partial charge in [-0.3, -0.25) is 0 Å². The minimum absolute atomic E-state index is 0.247. The Hall–Kier alpha value is -1.02. The molecule has 1 aromatic carbocycles. The topological polar surface area (TPSA) is 21.3 Å². The second-order valence-corrected chi connectivity index (χ2v) is 6.25. The van der Waals surface area contributed by atoms with E-state index in [-0.39, 0.29) is 5.41 Å². The first kappa shape index (κ1) is 17.0. The van der Waals surface area contributed by atoms with Crippen LogP contribution < -0.4 is 10.1 Å². The maximum absolute atomic E-state index is 5.82. The lowest BCUT2D eigenvalue weighted by atomic mass is 9.82. The monoisotopic (exact) mass is 277 g/mol. The maximum Gasteiger partial charge on any atom is 0.119 e. The van der Waals surface area contributed by atoms with Crippen molar-refractivity contribution in [3.63, 3.8) is 0 Å². The Morgan fingerprint density at radius 1 is 1.15 bits per heavy atom. The number of hydrogen-bond donors (Lipinski definition) is 1. The molecule has 20 heavy (non-hydrogen) atoms. The lowest BCUT2D eigenvalue weighted by Crippen LogP contribution is -2.28. The predicted molar refractivity (Wildman–Crippen MR) is 87.6 cm³/mol. The zero-order valence-electron chi connectivity index (χ0n) is 13.8. The van der Waals surface area contributed by atoms with Crippen molar-refractivity contribution >= 4 is 0 Å². The lowest BCUT2D eigenvalue weighted by Gasteiger charge is -2.23. The zero-order valence-corrected chi connectivity index (χ0v) is 13.8. The summed E-state index contributed by atoms with van der Waals surface area (Å²) in [6, 6.07) is 9.09. The smallest absolute Gasteiger partial charge is 0.119 e. The molecule has 0 aliphatic heterocycles. The molecule has 0 aliphatic rings. The summed E-state index contributed by atoms with van der Waals surface area (Å²) >= 11 is 0. The van der Waals surface area contributed by atoms with Crippen LogP contribution in [-0.2, 0) is 5.41 Å². The van der Waals surface area contributed by atoms with Gasteiger partial charge in [0.05, 0.1) is 6.61 Å². The van der Waals surface area contributed by atoms with Gasteiger partial charge in [0.25, 0.3) is 0 Å². The van der Waals surface area contributed by atoms with Gasteiger partial charge in [0.2, 0.25) is 0 Å². The van der Waals surface area contributed by atoms with Crippen LogP contribution >= 0.6 is 0 Å². The minimum atomic E-state index is 0.247. The van der Waals surface area contributed by atoms with Crippen LogP contribution in [0.3, 0.4) is 0 Å². The van der Waals surface area contributed by atoms with Crippen LogP contribution in [0.5, 0.6) is 5.75 Å². The molecule has 0 saturated carbocycles. The summed E-state index contributed by atoms with van der Waals surface area (Å²) in [5, 5.41) is 3.48. The Kier molecular flexibility index (Phi) is 7.08. The van der Waals surface area contributed by atoms with Gasteiger partial charge in [0, 0.05) is 6.04 Å². The molecular weight excluding hydrogens is 246 g/mol. The minimum Gasteiger partial charge on any atom is -0.494 e. The zero-order chi connectivity index (χ0) is 15.0. The molecule has 0 radical (unpaired) electrons. The molecule has 2 nitrogen and oxygen atoms in total. The molecular formula is C18H31NO. The van der Waals surface area contributed by atoms with Crippen molar-refractivity contribution in [3.8, 4) is 5.75 Å². The van der Waals surface area contributed by atoms with Crippen molar-refractivity contribution in [1.29, 1.82) is 0 Å². The quantitative estimate of drug-likeness (QED) is 0.716. The Morgan fingerprint density at radius 2 is 1.80 bits per heavy atom. The van der Waals surface area contributed by atoms with E-state index in [0.717, 1.165) is 31.7 Å². The van der Waals surface area contributed by atoms with Crippen LogP contribution in [0.15, 0.2) is 24.3 Å². The van der Waals surface area contributed by atoms with E-state index < -0.39 is 0 Å². The molecule has 0 aliphatic carbocycles. The van der Waals surface area contributed by atoms with Gasteiger partial charge in [-0.2, -0.15) is 0 Å². The molecule has 1 atom stereocenters. The van der Waals surface area contributed by atoms with Crippen molar-refractivity contribution < 1.29 is 4.74 Å². The molecule has 0 saturated heterocycles. The molecule has 0 fully saturated rings. The van der Waals surface area contributed by atoms with Gasteiger partial charge in [-0.25, -0.2) is 0 Å². The Morgan fingerprint density at radius 3 is 2.35 bits per heavy atom. The van der Waals surface area contributed by atoms with Gasteiger partial charge >= 0.3 is 0 Å². The van der Waals surface area contributed by atoms with Crippen LogP contribution in [0, 0.1) is 0 Å². The van der Waals surface area contributed by atoms with E-state index in [9.17, 15) is 0 Å². The second-order valence-electron chi connectivity index (χ2n) is 6.25. The first-order chi connectivity index (χ1) is 9.49. The van der Waals surface area contributed by atoms with Crippen LogP contribution in [0.1, 0.15) is 59.4 Å². The molecule has 1 aromatic rings. The van der Waals surface area contributed by atoms with E-state index in [1.165, 1.54) is 12.0 Å². The van der Waals surface area contributed by atoms with Gasteiger partial charge in [0.1, 0.15) is 5.75 Å². The number of benzene rings is 1. The lowest BCUT2D eigenvalue weighted by molar-refractivity contribution is 0.290. The van der Waals surface area contributed by atoms with Crippen LogP contribution in [0.2, 0.25) is 0 Å². The third kappa shape index (κ3) is 5.54. The molecule has 0 bridgehead atoms. The largest absolute Gasteiger partial charge is 0.494 e. The van der Waals surface area contributed by atoms with Crippen LogP contribution in [0.25, 0.3) is 0 Å². The third-order valence-corrected chi connectivity index (χ3v) is 4.08. The molecule has 1 unspecified atom stereocenters. The molecule has 1 N–H and O–H groups in total. The first-order valence-electron chi connectivity index (χ1n) is 7.96. The van der Waals surface area contributed by atoms with Crippen molar-refractivity contribution in [2.24, 2.45) is 0 Å². The van der Waals surface area contributed by atoms with Crippen molar-refractivity contribution in [2.75, 3.05) is 13.2 Å². The fourth-order valence-corrected chi connectivity index (χ4v) is 2.05. The van der Waals surface area contributed by atoms with E-state index in [2.05, 4.69) is 64.2 Å². The van der Waals surface area contributed by atoms with E-state index in [1.807, 2.05) is 0 Å². The highest BCUT2D eigenvalue weighted by Crippen LogP contribution is 2.28. The summed E-state index contributed by atoms with van der Waals surface area (Å²) in [7, 11) is 0. The normalized spacial score (nSPS) is 13.2. The van der Waals surface area contributed by atoms with Crippen molar-refractivity contribution in [1.82, 2.24) is 5.32 Å². The molecule has 0 aromatic heterocycles. The summed E-state index contributed by atoms with van der Waals surface area (Å²) in [4.78, 5) is 0. The Bertz CT molecular complexity index is 370. The summed E-state index contributed by atoms with van der Waals surface area (Å²) < 4.78 is 5.82. The summed E-state index contributed by atoms with van der Waals surface area (Å²) in [5.74, 6) is 0.975. The van der Waals surface area contributed by atoms with E-state index in [0.29, 0.717) is 6.04 Å². The number of hydrogen-bond acceptors (Lipinski definition) is 2. The van der Waals surface area contributed by atoms with E-state index >= 15 is 0 Å².